The normalized spacial score (nSPS) is 19.7. The third-order valence-corrected chi connectivity index (χ3v) is 8.20. The molecule has 1 saturated carbocycles. The first-order chi connectivity index (χ1) is 16.7. The summed E-state index contributed by atoms with van der Waals surface area (Å²) in [6.07, 6.45) is 8.30. The molecule has 1 aromatic carbocycles. The molecule has 2 aliphatic carbocycles. The molecular weight excluding hydrogens is 572 g/mol. The lowest BCUT2D eigenvalue weighted by atomic mass is 9.91. The molecule has 1 fully saturated rings. The molecule has 0 atom stereocenters. The smallest absolute Gasteiger partial charge is 0.319 e. The van der Waals surface area contributed by atoms with Crippen molar-refractivity contribution in [3.05, 3.63) is 37.9 Å². The highest BCUT2D eigenvalue weighted by Crippen LogP contribution is 2.35. The van der Waals surface area contributed by atoms with Gasteiger partial charge in [-0.3, -0.25) is 0 Å². The van der Waals surface area contributed by atoms with Crippen LogP contribution < -0.4 is 20.9 Å². The number of halogens is 2. The Labute approximate surface area is 225 Å². The van der Waals surface area contributed by atoms with Gasteiger partial charge in [0, 0.05) is 40.7 Å². The quantitative estimate of drug-likeness (QED) is 0.344. The summed E-state index contributed by atoms with van der Waals surface area (Å²) in [6, 6.07) is 4.43. The Kier molecular flexibility index (Phi) is 8.58. The maximum atomic E-state index is 12.7. The van der Waals surface area contributed by atoms with Gasteiger partial charge in [0.15, 0.2) is 0 Å². The molecule has 3 N–H and O–H groups in total. The summed E-state index contributed by atoms with van der Waals surface area (Å²) in [4.78, 5) is 24.5. The molecule has 0 radical (unpaired) electrons. The highest BCUT2D eigenvalue weighted by atomic mass is 79.9. The van der Waals surface area contributed by atoms with Gasteiger partial charge in [-0.25, -0.2) is 9.78 Å². The zero-order chi connectivity index (χ0) is 25.1. The summed E-state index contributed by atoms with van der Waals surface area (Å²) in [5.41, 5.74) is 4.47. The average molecular weight is 608 g/mol. The molecule has 0 spiro atoms. The molecule has 190 valence electrons. The molecule has 0 saturated heterocycles. The van der Waals surface area contributed by atoms with E-state index in [1.165, 1.54) is 29.7 Å². The predicted molar refractivity (Wildman–Crippen MR) is 151 cm³/mol. The molecule has 2 aliphatic rings. The zero-order valence-corrected chi connectivity index (χ0v) is 24.2. The summed E-state index contributed by atoms with van der Waals surface area (Å²) >= 11 is 7.20. The van der Waals surface area contributed by atoms with Gasteiger partial charge in [-0.05, 0) is 107 Å². The second kappa shape index (κ2) is 11.5. The number of nitrogens with zero attached hydrogens (tertiary/aromatic N) is 3. The largest absolute Gasteiger partial charge is 0.362 e. The lowest BCUT2D eigenvalue weighted by molar-refractivity contribution is 0.243. The van der Waals surface area contributed by atoms with Gasteiger partial charge in [-0.15, -0.1) is 0 Å². The number of rotatable bonds is 6. The second-order valence-electron chi connectivity index (χ2n) is 10.2. The van der Waals surface area contributed by atoms with Crippen molar-refractivity contribution < 1.29 is 4.79 Å². The van der Waals surface area contributed by atoms with Crippen molar-refractivity contribution in [3.8, 4) is 0 Å². The Morgan fingerprint density at radius 3 is 2.26 bits per heavy atom. The van der Waals surface area contributed by atoms with Crippen LogP contribution in [0, 0.1) is 0 Å². The molecule has 1 aromatic heterocycles. The summed E-state index contributed by atoms with van der Waals surface area (Å²) in [7, 11) is 4.11. The fraction of sp³-hybridized carbons (Fsp3) is 0.577. The van der Waals surface area contributed by atoms with Gasteiger partial charge in [-0.2, -0.15) is 4.98 Å². The summed E-state index contributed by atoms with van der Waals surface area (Å²) in [5, 5.41) is 9.74. The summed E-state index contributed by atoms with van der Waals surface area (Å²) in [6.45, 7) is 4.30. The number of nitrogens with one attached hydrogen (secondary N) is 3. The van der Waals surface area contributed by atoms with Crippen molar-refractivity contribution in [2.75, 3.05) is 29.6 Å². The Morgan fingerprint density at radius 2 is 1.63 bits per heavy atom. The first-order valence-corrected chi connectivity index (χ1v) is 14.2. The number of carbonyl (C=O) groups is 1. The van der Waals surface area contributed by atoms with Crippen LogP contribution in [0.2, 0.25) is 0 Å². The van der Waals surface area contributed by atoms with Crippen LogP contribution >= 0.6 is 31.9 Å². The third kappa shape index (κ3) is 6.47. The number of fused-ring (bicyclic) bond motifs is 1. The topological polar surface area (TPSA) is 82.2 Å². The van der Waals surface area contributed by atoms with Gasteiger partial charge in [0.25, 0.3) is 0 Å². The number of hydrogen-bond donors (Lipinski definition) is 3. The van der Waals surface area contributed by atoms with Crippen molar-refractivity contribution >= 4 is 55.3 Å². The highest BCUT2D eigenvalue weighted by Gasteiger charge is 2.25. The number of aromatic nitrogens is 2. The van der Waals surface area contributed by atoms with Gasteiger partial charge in [0.1, 0.15) is 5.82 Å². The number of amides is 2. The lowest BCUT2D eigenvalue weighted by Crippen LogP contribution is -2.42. The lowest BCUT2D eigenvalue weighted by Gasteiger charge is -2.30. The summed E-state index contributed by atoms with van der Waals surface area (Å²) in [5.74, 6) is 2.20. The number of benzene rings is 1. The van der Waals surface area contributed by atoms with Crippen LogP contribution in [-0.4, -0.2) is 42.2 Å². The van der Waals surface area contributed by atoms with Crippen molar-refractivity contribution in [2.45, 2.75) is 83.2 Å². The number of anilines is 3. The van der Waals surface area contributed by atoms with E-state index in [2.05, 4.69) is 92.8 Å². The van der Waals surface area contributed by atoms with Crippen molar-refractivity contribution in [3.63, 3.8) is 0 Å². The Hall–Kier alpha value is -1.87. The van der Waals surface area contributed by atoms with E-state index in [1.807, 2.05) is 0 Å². The fourth-order valence-electron chi connectivity index (χ4n) is 4.95. The molecular formula is C26H36Br2N6O. The zero-order valence-electron chi connectivity index (χ0n) is 21.0. The van der Waals surface area contributed by atoms with Crippen LogP contribution in [0.4, 0.5) is 22.2 Å². The number of aryl methyl sites for hydroxylation is 1. The first-order valence-electron chi connectivity index (χ1n) is 12.6. The molecule has 0 aliphatic heterocycles. The van der Waals surface area contributed by atoms with Crippen LogP contribution in [0.1, 0.15) is 75.1 Å². The van der Waals surface area contributed by atoms with Crippen molar-refractivity contribution in [1.82, 2.24) is 15.3 Å². The predicted octanol–water partition coefficient (Wildman–Crippen LogP) is 6.61. The maximum absolute atomic E-state index is 12.7. The van der Waals surface area contributed by atoms with Gasteiger partial charge in [0.2, 0.25) is 5.95 Å². The second-order valence-corrected chi connectivity index (χ2v) is 11.9. The highest BCUT2D eigenvalue weighted by molar-refractivity contribution is 9.11. The Morgan fingerprint density at radius 1 is 1.00 bits per heavy atom. The molecule has 4 rings (SSSR count). The van der Waals surface area contributed by atoms with E-state index < -0.39 is 0 Å². The van der Waals surface area contributed by atoms with E-state index in [-0.39, 0.29) is 12.1 Å². The van der Waals surface area contributed by atoms with Gasteiger partial charge in [-0.1, -0.05) is 13.8 Å². The SMILES string of the molecule is CC(C)c1cc(Br)c(NC(=O)N[C@H]2CC[C@@H](Nc3nc4c(c(N(C)C)n3)CCCC4)CC2)c(Br)c1. The monoisotopic (exact) mass is 606 g/mol. The number of urea groups is 1. The minimum Gasteiger partial charge on any atom is -0.362 e. The van der Waals surface area contributed by atoms with Gasteiger partial charge in [0.05, 0.1) is 11.4 Å². The van der Waals surface area contributed by atoms with Crippen molar-refractivity contribution in [1.29, 1.82) is 0 Å². The Bertz CT molecular complexity index is 1040. The molecule has 0 bridgehead atoms. The Balaban J connectivity index is 1.31. The van der Waals surface area contributed by atoms with Gasteiger partial charge < -0.3 is 20.9 Å². The van der Waals surface area contributed by atoms with Crippen molar-refractivity contribution in [2.24, 2.45) is 0 Å². The van der Waals surface area contributed by atoms with E-state index in [0.717, 1.165) is 64.9 Å². The van der Waals surface area contributed by atoms with E-state index in [4.69, 9.17) is 9.97 Å². The average Bonchev–Trinajstić information content (AvgIpc) is 2.82. The van der Waals surface area contributed by atoms with Crippen LogP contribution in [-0.2, 0) is 12.8 Å². The molecule has 0 unspecified atom stereocenters. The van der Waals surface area contributed by atoms with Crippen LogP contribution in [0.5, 0.6) is 0 Å². The van der Waals surface area contributed by atoms with E-state index in [1.54, 1.807) is 0 Å². The molecule has 1 heterocycles. The fourth-order valence-corrected chi connectivity index (χ4v) is 6.37. The molecule has 2 aromatic rings. The number of carbonyl (C=O) groups excluding carboxylic acids is 1. The molecule has 7 nitrogen and oxygen atoms in total. The van der Waals surface area contributed by atoms with Gasteiger partial charge >= 0.3 is 6.03 Å². The first kappa shape index (κ1) is 26.2. The van der Waals surface area contributed by atoms with E-state index in [0.29, 0.717) is 12.0 Å². The standard InChI is InChI=1S/C26H36Br2N6O/c1-15(2)16-13-20(27)23(21(28)14-16)32-26(35)30-18-11-9-17(10-12-18)29-25-31-22-8-6-5-7-19(22)24(33-25)34(3)4/h13-15,17-18H,5-12H2,1-4H3,(H,29,31,33)(H2,30,32,35)/t17-,18+. The van der Waals surface area contributed by atoms with Crippen LogP contribution in [0.15, 0.2) is 21.1 Å². The molecule has 9 heteroatoms. The van der Waals surface area contributed by atoms with Crippen LogP contribution in [0.25, 0.3) is 0 Å². The minimum atomic E-state index is -0.172. The molecule has 2 amide bonds. The molecule has 35 heavy (non-hydrogen) atoms. The van der Waals surface area contributed by atoms with Crippen LogP contribution in [0.3, 0.4) is 0 Å². The van der Waals surface area contributed by atoms with E-state index >= 15 is 0 Å². The maximum Gasteiger partial charge on any atom is 0.319 e. The third-order valence-electron chi connectivity index (χ3n) is 6.95. The minimum absolute atomic E-state index is 0.155. The summed E-state index contributed by atoms with van der Waals surface area (Å²) < 4.78 is 1.75. The van der Waals surface area contributed by atoms with E-state index in [9.17, 15) is 4.79 Å². The number of hydrogen-bond acceptors (Lipinski definition) is 5.